The van der Waals surface area contributed by atoms with Gasteiger partial charge in [0.2, 0.25) is 5.91 Å². The van der Waals surface area contributed by atoms with Crippen molar-refractivity contribution in [3.63, 3.8) is 0 Å². The van der Waals surface area contributed by atoms with Gasteiger partial charge in [0.05, 0.1) is 18.8 Å². The number of amides is 1. The zero-order chi connectivity index (χ0) is 35.7. The molecule has 0 radical (unpaired) electrons. The second-order valence-corrected chi connectivity index (χ2v) is 15.1. The summed E-state index contributed by atoms with van der Waals surface area (Å²) in [6.07, 6.45) is 53.1. The monoisotopic (exact) mass is 690 g/mol. The zero-order valence-corrected chi connectivity index (χ0v) is 33.2. The standard InChI is InChI=1S/C45H87NO3/c1-3-5-7-9-11-13-14-15-16-17-18-19-20-21-22-23-24-25-26-27-28-29-30-31-32-33-35-37-39-41-45(49)46-43(42-47)44(48)40-38-36-34-12-10-8-6-4-2/h17-18,38,40,43-44,47-48H,3-16,19-37,39,41-42H2,1-2H3,(H,46,49)/b18-17-,40-38+. The summed E-state index contributed by atoms with van der Waals surface area (Å²) in [7, 11) is 0. The lowest BCUT2D eigenvalue weighted by Crippen LogP contribution is -2.45. The predicted molar refractivity (Wildman–Crippen MR) is 216 cm³/mol. The highest BCUT2D eigenvalue weighted by atomic mass is 16.3. The van der Waals surface area contributed by atoms with E-state index in [4.69, 9.17) is 0 Å². The number of unbranched alkanes of at least 4 members (excludes halogenated alkanes) is 31. The van der Waals surface area contributed by atoms with E-state index < -0.39 is 12.1 Å². The molecule has 0 aromatic rings. The van der Waals surface area contributed by atoms with E-state index >= 15 is 0 Å². The molecule has 0 aliphatic heterocycles. The number of aliphatic hydroxyl groups excluding tert-OH is 2. The van der Waals surface area contributed by atoms with E-state index in [9.17, 15) is 15.0 Å². The number of hydrogen-bond acceptors (Lipinski definition) is 3. The molecule has 0 saturated heterocycles. The van der Waals surface area contributed by atoms with Gasteiger partial charge in [0.15, 0.2) is 0 Å². The molecule has 2 unspecified atom stereocenters. The van der Waals surface area contributed by atoms with Gasteiger partial charge in [0.1, 0.15) is 0 Å². The molecule has 290 valence electrons. The van der Waals surface area contributed by atoms with Gasteiger partial charge in [-0.15, -0.1) is 0 Å². The van der Waals surface area contributed by atoms with Gasteiger partial charge in [-0.2, -0.15) is 0 Å². The third-order valence-corrected chi connectivity index (χ3v) is 10.2. The van der Waals surface area contributed by atoms with E-state index in [2.05, 4.69) is 31.3 Å². The highest BCUT2D eigenvalue weighted by Crippen LogP contribution is 2.15. The summed E-state index contributed by atoms with van der Waals surface area (Å²) < 4.78 is 0. The molecule has 0 aromatic heterocycles. The Morgan fingerprint density at radius 1 is 0.469 bits per heavy atom. The van der Waals surface area contributed by atoms with Crippen LogP contribution in [0.3, 0.4) is 0 Å². The van der Waals surface area contributed by atoms with Gasteiger partial charge in [-0.25, -0.2) is 0 Å². The van der Waals surface area contributed by atoms with Crippen molar-refractivity contribution in [2.75, 3.05) is 6.61 Å². The fraction of sp³-hybridized carbons (Fsp3) is 0.889. The molecule has 0 spiro atoms. The molecule has 49 heavy (non-hydrogen) atoms. The molecule has 4 heteroatoms. The summed E-state index contributed by atoms with van der Waals surface area (Å²) in [5, 5.41) is 22.8. The van der Waals surface area contributed by atoms with Gasteiger partial charge in [-0.1, -0.05) is 212 Å². The Labute approximate surface area is 307 Å². The molecule has 0 aromatic carbocycles. The molecular formula is C45H87NO3. The van der Waals surface area contributed by atoms with Crippen molar-refractivity contribution in [3.05, 3.63) is 24.3 Å². The molecule has 0 aliphatic carbocycles. The SMILES string of the molecule is CCCCCCCC/C=C/C(O)C(CO)NC(=O)CCCCCCCCCCCCCCCCCCC/C=C\CCCCCCCCCC. The number of aliphatic hydroxyl groups is 2. The van der Waals surface area contributed by atoms with Crippen molar-refractivity contribution < 1.29 is 15.0 Å². The molecule has 1 amide bonds. The normalized spacial score (nSPS) is 13.1. The van der Waals surface area contributed by atoms with Crippen molar-refractivity contribution >= 4 is 5.91 Å². The number of rotatable bonds is 40. The maximum absolute atomic E-state index is 12.3. The van der Waals surface area contributed by atoms with Gasteiger partial charge in [-0.05, 0) is 44.9 Å². The number of carbonyl (C=O) groups is 1. The predicted octanol–water partition coefficient (Wildman–Crippen LogP) is 13.6. The van der Waals surface area contributed by atoms with Crippen LogP contribution in [0.5, 0.6) is 0 Å². The fourth-order valence-corrected chi connectivity index (χ4v) is 6.76. The lowest BCUT2D eigenvalue weighted by molar-refractivity contribution is -0.123. The topological polar surface area (TPSA) is 69.6 Å². The highest BCUT2D eigenvalue weighted by molar-refractivity contribution is 5.76. The van der Waals surface area contributed by atoms with Crippen LogP contribution in [0.1, 0.15) is 239 Å². The van der Waals surface area contributed by atoms with Crippen LogP contribution in [0.2, 0.25) is 0 Å². The Morgan fingerprint density at radius 3 is 1.12 bits per heavy atom. The quantitative estimate of drug-likeness (QED) is 0.0443. The average molecular weight is 690 g/mol. The Morgan fingerprint density at radius 2 is 0.776 bits per heavy atom. The third-order valence-electron chi connectivity index (χ3n) is 10.2. The summed E-state index contributed by atoms with van der Waals surface area (Å²) in [6.45, 7) is 4.28. The first-order valence-electron chi connectivity index (χ1n) is 22.1. The first kappa shape index (κ1) is 47.9. The summed E-state index contributed by atoms with van der Waals surface area (Å²) in [5.41, 5.74) is 0. The minimum Gasteiger partial charge on any atom is -0.394 e. The van der Waals surface area contributed by atoms with Crippen LogP contribution in [-0.4, -0.2) is 34.9 Å². The molecule has 0 rings (SSSR count). The van der Waals surface area contributed by atoms with Crippen molar-refractivity contribution in [2.24, 2.45) is 0 Å². The molecular weight excluding hydrogens is 602 g/mol. The minimum absolute atomic E-state index is 0.0647. The molecule has 0 heterocycles. The van der Waals surface area contributed by atoms with E-state index in [-0.39, 0.29) is 12.5 Å². The van der Waals surface area contributed by atoms with Crippen LogP contribution in [0.25, 0.3) is 0 Å². The van der Waals surface area contributed by atoms with Crippen molar-refractivity contribution in [1.29, 1.82) is 0 Å². The van der Waals surface area contributed by atoms with Crippen molar-refractivity contribution in [3.8, 4) is 0 Å². The first-order valence-corrected chi connectivity index (χ1v) is 22.1. The second-order valence-electron chi connectivity index (χ2n) is 15.1. The van der Waals surface area contributed by atoms with Gasteiger partial charge in [0, 0.05) is 6.42 Å². The number of allylic oxidation sites excluding steroid dienone is 3. The minimum atomic E-state index is -0.833. The van der Waals surface area contributed by atoms with Gasteiger partial charge in [0.25, 0.3) is 0 Å². The molecule has 0 saturated carbocycles. The molecule has 0 aliphatic rings. The van der Waals surface area contributed by atoms with Gasteiger partial charge < -0.3 is 15.5 Å². The van der Waals surface area contributed by atoms with Crippen LogP contribution in [0.15, 0.2) is 24.3 Å². The third kappa shape index (κ3) is 37.9. The Balaban J connectivity index is 3.40. The Hall–Kier alpha value is -1.13. The van der Waals surface area contributed by atoms with Gasteiger partial charge >= 0.3 is 0 Å². The van der Waals surface area contributed by atoms with Gasteiger partial charge in [-0.3, -0.25) is 4.79 Å². The van der Waals surface area contributed by atoms with E-state index in [0.29, 0.717) is 6.42 Å². The van der Waals surface area contributed by atoms with Crippen LogP contribution in [-0.2, 0) is 4.79 Å². The number of hydrogen-bond donors (Lipinski definition) is 3. The maximum Gasteiger partial charge on any atom is 0.220 e. The maximum atomic E-state index is 12.3. The summed E-state index contributed by atoms with van der Waals surface area (Å²) >= 11 is 0. The van der Waals surface area contributed by atoms with E-state index in [1.165, 1.54) is 193 Å². The molecule has 0 bridgehead atoms. The van der Waals surface area contributed by atoms with E-state index in [0.717, 1.165) is 25.7 Å². The average Bonchev–Trinajstić information content (AvgIpc) is 3.10. The smallest absolute Gasteiger partial charge is 0.220 e. The first-order chi connectivity index (χ1) is 24.2. The van der Waals surface area contributed by atoms with E-state index in [1.54, 1.807) is 6.08 Å². The van der Waals surface area contributed by atoms with Crippen molar-refractivity contribution in [2.45, 2.75) is 251 Å². The summed E-state index contributed by atoms with van der Waals surface area (Å²) in [6, 6.07) is -0.616. The molecule has 4 nitrogen and oxygen atoms in total. The van der Waals surface area contributed by atoms with Crippen molar-refractivity contribution in [1.82, 2.24) is 5.32 Å². The summed E-state index contributed by atoms with van der Waals surface area (Å²) in [4.78, 5) is 12.3. The molecule has 2 atom stereocenters. The number of carbonyl (C=O) groups excluding carboxylic acids is 1. The van der Waals surface area contributed by atoms with E-state index in [1.807, 2.05) is 6.08 Å². The van der Waals surface area contributed by atoms with Crippen LogP contribution < -0.4 is 5.32 Å². The molecule has 0 fully saturated rings. The Kier molecular flexibility index (Phi) is 40.3. The fourth-order valence-electron chi connectivity index (χ4n) is 6.76. The largest absolute Gasteiger partial charge is 0.394 e. The Bertz CT molecular complexity index is 705. The molecule has 3 N–H and O–H groups in total. The lowest BCUT2D eigenvalue weighted by atomic mass is 10.0. The lowest BCUT2D eigenvalue weighted by Gasteiger charge is -2.20. The zero-order valence-electron chi connectivity index (χ0n) is 33.2. The second kappa shape index (κ2) is 41.3. The van der Waals surface area contributed by atoms with Crippen LogP contribution in [0.4, 0.5) is 0 Å². The van der Waals surface area contributed by atoms with Crippen LogP contribution >= 0.6 is 0 Å². The highest BCUT2D eigenvalue weighted by Gasteiger charge is 2.17. The number of nitrogens with one attached hydrogen (secondary N) is 1. The summed E-state index contributed by atoms with van der Waals surface area (Å²) in [5.74, 6) is -0.0647. The van der Waals surface area contributed by atoms with Crippen LogP contribution in [0, 0.1) is 0 Å².